The molecule has 4 nitrogen and oxygen atoms in total. The van der Waals surface area contributed by atoms with Crippen LogP contribution >= 0.6 is 0 Å². The van der Waals surface area contributed by atoms with Crippen molar-refractivity contribution in [3.8, 4) is 0 Å². The minimum Gasteiger partial charge on any atom is -0.223 e. The molecule has 0 aromatic rings. The van der Waals surface area contributed by atoms with Crippen LogP contribution in [-0.2, 0) is 19.3 Å². The lowest BCUT2D eigenvalue weighted by Gasteiger charge is -1.97. The molecule has 0 fully saturated rings. The van der Waals surface area contributed by atoms with Crippen LogP contribution in [0.3, 0.4) is 0 Å². The van der Waals surface area contributed by atoms with Crippen molar-refractivity contribution >= 4 is 10.1 Å². The van der Waals surface area contributed by atoms with Crippen LogP contribution in [0.1, 0.15) is 6.42 Å². The van der Waals surface area contributed by atoms with Crippen molar-refractivity contribution in [2.24, 2.45) is 0 Å². The second kappa shape index (κ2) is 4.43. The lowest BCUT2D eigenvalue weighted by molar-refractivity contribution is -0.172. The van der Waals surface area contributed by atoms with Gasteiger partial charge in [0.2, 0.25) is 0 Å². The minimum atomic E-state index is -3.49. The summed E-state index contributed by atoms with van der Waals surface area (Å²) in [5.74, 6) is -0.0929. The molecule has 0 aliphatic heterocycles. The molecule has 0 aliphatic carbocycles. The molecule has 0 unspecified atom stereocenters. The van der Waals surface area contributed by atoms with E-state index in [1.165, 1.54) is 6.08 Å². The van der Waals surface area contributed by atoms with Gasteiger partial charge in [-0.1, -0.05) is 6.08 Å². The summed E-state index contributed by atoms with van der Waals surface area (Å²) in [6.45, 7) is 3.36. The van der Waals surface area contributed by atoms with Gasteiger partial charge >= 0.3 is 0 Å². The Bertz CT molecular complexity index is 182. The Hall–Kier alpha value is -0.390. The standard InChI is InChI=1S/C5H10O4S/c1-3-4-5-10(6,7)9-8-2/h3H,1,4-5H2,2H3. The topological polar surface area (TPSA) is 52.6 Å². The van der Waals surface area contributed by atoms with Gasteiger partial charge < -0.3 is 0 Å². The van der Waals surface area contributed by atoms with E-state index in [-0.39, 0.29) is 5.75 Å². The van der Waals surface area contributed by atoms with Gasteiger partial charge in [0.25, 0.3) is 10.1 Å². The fraction of sp³-hybridized carbons (Fsp3) is 0.600. The van der Waals surface area contributed by atoms with Crippen LogP contribution in [-0.4, -0.2) is 21.3 Å². The lowest BCUT2D eigenvalue weighted by Crippen LogP contribution is -2.08. The smallest absolute Gasteiger partial charge is 0.223 e. The largest absolute Gasteiger partial charge is 0.293 e. The van der Waals surface area contributed by atoms with Crippen molar-refractivity contribution in [1.82, 2.24) is 0 Å². The molecule has 0 saturated carbocycles. The van der Waals surface area contributed by atoms with Crippen LogP contribution in [0.4, 0.5) is 0 Å². The van der Waals surface area contributed by atoms with Crippen molar-refractivity contribution in [2.75, 3.05) is 12.9 Å². The molecule has 0 radical (unpaired) electrons. The van der Waals surface area contributed by atoms with Crippen molar-refractivity contribution in [3.05, 3.63) is 12.7 Å². The van der Waals surface area contributed by atoms with Crippen LogP contribution in [0.5, 0.6) is 0 Å². The van der Waals surface area contributed by atoms with E-state index in [0.717, 1.165) is 7.11 Å². The molecule has 0 heterocycles. The Labute approximate surface area is 60.5 Å². The first-order chi connectivity index (χ1) is 4.62. The monoisotopic (exact) mass is 166 g/mol. The molecule has 0 aromatic carbocycles. The van der Waals surface area contributed by atoms with Gasteiger partial charge in [0, 0.05) is 0 Å². The molecule has 0 aromatic heterocycles. The van der Waals surface area contributed by atoms with E-state index in [4.69, 9.17) is 0 Å². The average molecular weight is 166 g/mol. The average Bonchev–Trinajstić information content (AvgIpc) is 1.84. The van der Waals surface area contributed by atoms with Gasteiger partial charge in [-0.25, -0.2) is 4.89 Å². The Morgan fingerprint density at radius 3 is 2.60 bits per heavy atom. The van der Waals surface area contributed by atoms with E-state index in [9.17, 15) is 8.42 Å². The Morgan fingerprint density at radius 2 is 2.20 bits per heavy atom. The Kier molecular flexibility index (Phi) is 4.26. The highest BCUT2D eigenvalue weighted by Gasteiger charge is 2.08. The predicted molar refractivity (Wildman–Crippen MR) is 36.7 cm³/mol. The first kappa shape index (κ1) is 9.61. The molecule has 5 heteroatoms. The molecule has 0 spiro atoms. The maximum Gasteiger partial charge on any atom is 0.293 e. The second-order valence-corrected chi connectivity index (χ2v) is 3.23. The van der Waals surface area contributed by atoms with Gasteiger partial charge in [-0.05, 0) is 6.42 Å². The molecule has 0 saturated heterocycles. The lowest BCUT2D eigenvalue weighted by atomic mass is 10.5. The quantitative estimate of drug-likeness (QED) is 0.338. The third kappa shape index (κ3) is 4.49. The highest BCUT2D eigenvalue weighted by Crippen LogP contribution is 1.95. The van der Waals surface area contributed by atoms with Crippen LogP contribution in [0.25, 0.3) is 0 Å². The van der Waals surface area contributed by atoms with Crippen LogP contribution in [0.2, 0.25) is 0 Å². The van der Waals surface area contributed by atoms with Gasteiger partial charge in [0.15, 0.2) is 0 Å². The Balaban J connectivity index is 3.76. The molecular formula is C5H10O4S. The maximum absolute atomic E-state index is 10.6. The summed E-state index contributed by atoms with van der Waals surface area (Å²) in [5, 5.41) is 0. The molecule has 10 heavy (non-hydrogen) atoms. The molecular weight excluding hydrogens is 156 g/mol. The van der Waals surface area contributed by atoms with Crippen molar-refractivity contribution in [2.45, 2.75) is 6.42 Å². The third-order valence-electron chi connectivity index (χ3n) is 0.744. The Morgan fingerprint density at radius 1 is 1.60 bits per heavy atom. The first-order valence-electron chi connectivity index (χ1n) is 2.68. The maximum atomic E-state index is 10.6. The highest BCUT2D eigenvalue weighted by molar-refractivity contribution is 7.86. The van der Waals surface area contributed by atoms with E-state index >= 15 is 0 Å². The zero-order valence-electron chi connectivity index (χ0n) is 5.74. The molecule has 0 amide bonds. The molecule has 60 valence electrons. The number of hydrogen-bond acceptors (Lipinski definition) is 4. The minimum absolute atomic E-state index is 0.0929. The zero-order chi connectivity index (χ0) is 8.04. The van der Waals surface area contributed by atoms with Gasteiger partial charge in [-0.2, -0.15) is 8.42 Å². The highest BCUT2D eigenvalue weighted by atomic mass is 32.2. The molecule has 0 bridgehead atoms. The normalized spacial score (nSPS) is 11.3. The number of rotatable bonds is 5. The summed E-state index contributed by atoms with van der Waals surface area (Å²) in [7, 11) is -2.34. The van der Waals surface area contributed by atoms with E-state index in [0.29, 0.717) is 6.42 Å². The molecule has 0 aliphatic rings. The first-order valence-corrected chi connectivity index (χ1v) is 4.26. The van der Waals surface area contributed by atoms with Gasteiger partial charge in [0.1, 0.15) is 0 Å². The summed E-state index contributed by atoms with van der Waals surface area (Å²) < 4.78 is 25.1. The summed E-state index contributed by atoms with van der Waals surface area (Å²) in [6.07, 6.45) is 1.86. The summed E-state index contributed by atoms with van der Waals surface area (Å²) in [4.78, 5) is 3.98. The summed E-state index contributed by atoms with van der Waals surface area (Å²) >= 11 is 0. The fourth-order valence-corrected chi connectivity index (χ4v) is 1.10. The number of hydrogen-bond donors (Lipinski definition) is 0. The van der Waals surface area contributed by atoms with Gasteiger partial charge in [0.05, 0.1) is 12.9 Å². The molecule has 0 N–H and O–H groups in total. The van der Waals surface area contributed by atoms with Crippen molar-refractivity contribution in [1.29, 1.82) is 0 Å². The zero-order valence-corrected chi connectivity index (χ0v) is 6.56. The van der Waals surface area contributed by atoms with Gasteiger partial charge in [-0.3, -0.25) is 0 Å². The summed E-state index contributed by atoms with van der Waals surface area (Å²) in [5.41, 5.74) is 0. The van der Waals surface area contributed by atoms with E-state index in [2.05, 4.69) is 15.8 Å². The van der Waals surface area contributed by atoms with Crippen molar-refractivity contribution in [3.63, 3.8) is 0 Å². The number of allylic oxidation sites excluding steroid dienone is 1. The van der Waals surface area contributed by atoms with Gasteiger partial charge in [-0.15, -0.1) is 10.9 Å². The fourth-order valence-electron chi connectivity index (χ4n) is 0.365. The molecule has 0 atom stereocenters. The van der Waals surface area contributed by atoms with Crippen LogP contribution in [0, 0.1) is 0 Å². The predicted octanol–water partition coefficient (Wildman–Crippen LogP) is 0.470. The van der Waals surface area contributed by atoms with Crippen molar-refractivity contribution < 1.29 is 17.6 Å². The van der Waals surface area contributed by atoms with E-state index < -0.39 is 10.1 Å². The second-order valence-electron chi connectivity index (χ2n) is 1.57. The third-order valence-corrected chi connectivity index (χ3v) is 1.82. The molecule has 0 rings (SSSR count). The van der Waals surface area contributed by atoms with Crippen LogP contribution < -0.4 is 0 Å². The van der Waals surface area contributed by atoms with E-state index in [1.807, 2.05) is 0 Å². The van der Waals surface area contributed by atoms with Crippen LogP contribution in [0.15, 0.2) is 12.7 Å². The SMILES string of the molecule is C=CCCS(=O)(=O)OOC. The van der Waals surface area contributed by atoms with E-state index in [1.54, 1.807) is 0 Å². The summed E-state index contributed by atoms with van der Waals surface area (Å²) in [6, 6.07) is 0.